The fourth-order valence-corrected chi connectivity index (χ4v) is 3.54. The van der Waals surface area contributed by atoms with E-state index in [0.29, 0.717) is 0 Å². The molecule has 0 aliphatic carbocycles. The minimum absolute atomic E-state index is 0.161. The van der Waals surface area contributed by atoms with Gasteiger partial charge in [-0.1, -0.05) is 103 Å². The molecule has 0 amide bonds. The van der Waals surface area contributed by atoms with E-state index in [2.05, 4.69) is 0 Å². The summed E-state index contributed by atoms with van der Waals surface area (Å²) in [5, 5.41) is 0. The number of alkyl halides is 3. The normalized spacial score (nSPS) is 11.5. The predicted molar refractivity (Wildman–Crippen MR) is 109 cm³/mol. The van der Waals surface area contributed by atoms with E-state index >= 15 is 0 Å². The van der Waals surface area contributed by atoms with Crippen LogP contribution in [-0.4, -0.2) is 10.7 Å². The number of rotatable bonds is 19. The first-order chi connectivity index (χ1) is 11.3. The summed E-state index contributed by atoms with van der Waals surface area (Å²) in [6.45, 7) is 0. The maximum atomic E-state index is 5.72. The van der Waals surface area contributed by atoms with Crippen LogP contribution in [0.4, 0.5) is 0 Å². The molecule has 0 N–H and O–H groups in total. The first kappa shape index (κ1) is 23.9. The SMILES string of the molecule is ClCCCCCCCCCCCCCCCCCCCC(Cl)Cl. The Morgan fingerprint density at radius 3 is 0.913 bits per heavy atom. The Kier molecular flexibility index (Phi) is 21.7. The molecule has 3 heteroatoms. The second-order valence-corrected chi connectivity index (χ2v) is 8.53. The van der Waals surface area contributed by atoms with E-state index in [4.69, 9.17) is 34.8 Å². The van der Waals surface area contributed by atoms with E-state index in [9.17, 15) is 0 Å². The number of hydrogen-bond acceptors (Lipinski definition) is 0. The van der Waals surface area contributed by atoms with E-state index < -0.39 is 0 Å². The summed E-state index contributed by atoms with van der Waals surface area (Å²) in [7, 11) is 0. The third-order valence-electron chi connectivity index (χ3n) is 4.56. The van der Waals surface area contributed by atoms with Crippen LogP contribution in [0.1, 0.15) is 116 Å². The van der Waals surface area contributed by atoms with Gasteiger partial charge >= 0.3 is 0 Å². The molecule has 0 bridgehead atoms. The standard InChI is InChI=1S/C20H39Cl3/c21-19-17-15-13-11-9-7-5-3-1-2-4-6-8-10-12-14-16-18-20(22)23/h20H,1-19H2. The lowest BCUT2D eigenvalue weighted by Crippen LogP contribution is -1.87. The Labute approximate surface area is 161 Å². The lowest BCUT2D eigenvalue weighted by atomic mass is 10.0. The summed E-state index contributed by atoms with van der Waals surface area (Å²) >= 11 is 17.1. The van der Waals surface area contributed by atoms with Crippen LogP contribution >= 0.6 is 34.8 Å². The zero-order valence-corrected chi connectivity index (χ0v) is 17.4. The van der Waals surface area contributed by atoms with Crippen molar-refractivity contribution in [3.8, 4) is 0 Å². The molecular weight excluding hydrogens is 347 g/mol. The van der Waals surface area contributed by atoms with Gasteiger partial charge in [-0.2, -0.15) is 0 Å². The second-order valence-electron chi connectivity index (χ2n) is 6.88. The van der Waals surface area contributed by atoms with Crippen LogP contribution in [0.3, 0.4) is 0 Å². The number of unbranched alkanes of at least 4 members (excludes halogenated alkanes) is 16. The highest BCUT2D eigenvalue weighted by molar-refractivity contribution is 6.44. The van der Waals surface area contributed by atoms with Crippen molar-refractivity contribution < 1.29 is 0 Å². The van der Waals surface area contributed by atoms with Crippen LogP contribution < -0.4 is 0 Å². The molecule has 0 aliphatic rings. The van der Waals surface area contributed by atoms with E-state index in [-0.39, 0.29) is 4.84 Å². The molecule has 0 nitrogen and oxygen atoms in total. The molecule has 0 spiro atoms. The molecule has 0 aromatic rings. The van der Waals surface area contributed by atoms with Gasteiger partial charge in [0.2, 0.25) is 0 Å². The third kappa shape index (κ3) is 22.9. The van der Waals surface area contributed by atoms with Crippen LogP contribution in [0, 0.1) is 0 Å². The van der Waals surface area contributed by atoms with Gasteiger partial charge in [-0.05, 0) is 12.8 Å². The molecule has 0 heterocycles. The predicted octanol–water partition coefficient (Wildman–Crippen LogP) is 9.05. The molecule has 0 atom stereocenters. The summed E-state index contributed by atoms with van der Waals surface area (Å²) < 4.78 is 0. The molecular formula is C20H39Cl3. The fourth-order valence-electron chi connectivity index (χ4n) is 3.04. The third-order valence-corrected chi connectivity index (χ3v) is 5.26. The minimum atomic E-state index is -0.161. The second kappa shape index (κ2) is 20.9. The molecule has 0 aliphatic heterocycles. The first-order valence-electron chi connectivity index (χ1n) is 10.1. The Morgan fingerprint density at radius 2 is 0.652 bits per heavy atom. The van der Waals surface area contributed by atoms with Gasteiger partial charge in [0.25, 0.3) is 0 Å². The highest BCUT2D eigenvalue weighted by Crippen LogP contribution is 2.16. The molecule has 0 rings (SSSR count). The first-order valence-corrected chi connectivity index (χ1v) is 11.5. The lowest BCUT2D eigenvalue weighted by molar-refractivity contribution is 0.526. The summed E-state index contributed by atoms with van der Waals surface area (Å²) in [6, 6.07) is 0. The van der Waals surface area contributed by atoms with Crippen molar-refractivity contribution in [1.29, 1.82) is 0 Å². The lowest BCUT2D eigenvalue weighted by Gasteiger charge is -2.04. The quantitative estimate of drug-likeness (QED) is 0.153. The molecule has 0 saturated carbocycles. The van der Waals surface area contributed by atoms with Crippen LogP contribution in [0.5, 0.6) is 0 Å². The van der Waals surface area contributed by atoms with E-state index in [1.54, 1.807) is 0 Å². The van der Waals surface area contributed by atoms with Crippen molar-refractivity contribution in [1.82, 2.24) is 0 Å². The maximum Gasteiger partial charge on any atom is 0.107 e. The Balaban J connectivity index is 2.95. The van der Waals surface area contributed by atoms with Gasteiger partial charge in [-0.3, -0.25) is 0 Å². The minimum Gasteiger partial charge on any atom is -0.127 e. The van der Waals surface area contributed by atoms with Gasteiger partial charge in [-0.25, -0.2) is 0 Å². The van der Waals surface area contributed by atoms with Crippen molar-refractivity contribution in [3.63, 3.8) is 0 Å². The van der Waals surface area contributed by atoms with Crippen molar-refractivity contribution in [3.05, 3.63) is 0 Å². The summed E-state index contributed by atoms with van der Waals surface area (Å²) in [4.78, 5) is -0.161. The van der Waals surface area contributed by atoms with Crippen LogP contribution in [0.25, 0.3) is 0 Å². The molecule has 0 fully saturated rings. The summed E-state index contributed by atoms with van der Waals surface area (Å²) in [5.74, 6) is 0.836. The van der Waals surface area contributed by atoms with Gasteiger partial charge in [-0.15, -0.1) is 34.8 Å². The van der Waals surface area contributed by atoms with Crippen molar-refractivity contribution in [2.75, 3.05) is 5.88 Å². The molecule has 0 aromatic carbocycles. The van der Waals surface area contributed by atoms with Crippen LogP contribution in [0.15, 0.2) is 0 Å². The van der Waals surface area contributed by atoms with E-state index in [1.807, 2.05) is 0 Å². The summed E-state index contributed by atoms with van der Waals surface area (Å²) in [6.07, 6.45) is 24.4. The topological polar surface area (TPSA) is 0 Å². The Morgan fingerprint density at radius 1 is 0.391 bits per heavy atom. The average molecular weight is 386 g/mol. The monoisotopic (exact) mass is 384 g/mol. The van der Waals surface area contributed by atoms with Gasteiger partial charge in [0.15, 0.2) is 0 Å². The van der Waals surface area contributed by atoms with Gasteiger partial charge < -0.3 is 0 Å². The van der Waals surface area contributed by atoms with Crippen molar-refractivity contribution in [2.45, 2.75) is 120 Å². The van der Waals surface area contributed by atoms with E-state index in [1.165, 1.54) is 109 Å². The van der Waals surface area contributed by atoms with E-state index in [0.717, 1.165) is 12.3 Å². The maximum absolute atomic E-state index is 5.72. The van der Waals surface area contributed by atoms with Crippen molar-refractivity contribution in [2.24, 2.45) is 0 Å². The van der Waals surface area contributed by atoms with Crippen LogP contribution in [-0.2, 0) is 0 Å². The average Bonchev–Trinajstić information content (AvgIpc) is 2.53. The molecule has 23 heavy (non-hydrogen) atoms. The van der Waals surface area contributed by atoms with Gasteiger partial charge in [0, 0.05) is 5.88 Å². The number of hydrogen-bond donors (Lipinski definition) is 0. The molecule has 0 radical (unpaired) electrons. The largest absolute Gasteiger partial charge is 0.127 e. The molecule has 0 unspecified atom stereocenters. The summed E-state index contributed by atoms with van der Waals surface area (Å²) in [5.41, 5.74) is 0. The van der Waals surface area contributed by atoms with Crippen molar-refractivity contribution >= 4 is 34.8 Å². The molecule has 0 saturated heterocycles. The highest BCUT2D eigenvalue weighted by atomic mass is 35.5. The smallest absolute Gasteiger partial charge is 0.107 e. The highest BCUT2D eigenvalue weighted by Gasteiger charge is 1.98. The fraction of sp³-hybridized carbons (Fsp3) is 1.00. The molecule has 140 valence electrons. The van der Waals surface area contributed by atoms with Gasteiger partial charge in [0.05, 0.1) is 0 Å². The van der Waals surface area contributed by atoms with Gasteiger partial charge in [0.1, 0.15) is 4.84 Å². The zero-order chi connectivity index (χ0) is 17.0. The molecule has 0 aromatic heterocycles. The Bertz CT molecular complexity index is 207. The Hall–Kier alpha value is 0.870. The number of halogens is 3. The zero-order valence-electron chi connectivity index (χ0n) is 15.1. The van der Waals surface area contributed by atoms with Crippen LogP contribution in [0.2, 0.25) is 0 Å².